The van der Waals surface area contributed by atoms with Gasteiger partial charge in [0.05, 0.1) is 4.92 Å². The fourth-order valence-electron chi connectivity index (χ4n) is 1.90. The van der Waals surface area contributed by atoms with E-state index in [0.29, 0.717) is 6.42 Å². The molecule has 1 aromatic carbocycles. The Bertz CT molecular complexity index is 656. The third kappa shape index (κ3) is 3.99. The molecule has 116 valence electrons. The second-order valence-electron chi connectivity index (χ2n) is 4.48. The maximum atomic E-state index is 12.3. The van der Waals surface area contributed by atoms with Crippen molar-refractivity contribution in [2.24, 2.45) is 0 Å². The minimum Gasteiger partial charge on any atom is -0.480 e. The number of nitrogens with one attached hydrogen (secondary N) is 1. The minimum atomic E-state index is -4.31. The number of carbonyl (C=O) groups is 1. The number of carboxylic acids is 1. The molecule has 21 heavy (non-hydrogen) atoms. The average Bonchev–Trinajstić information content (AvgIpc) is 2.37. The maximum absolute atomic E-state index is 12.3. The van der Waals surface area contributed by atoms with Gasteiger partial charge in [0, 0.05) is 6.07 Å². The fourth-order valence-corrected chi connectivity index (χ4v) is 3.52. The lowest BCUT2D eigenvalue weighted by atomic mass is 10.2. The number of aryl methyl sites for hydroxylation is 1. The van der Waals surface area contributed by atoms with E-state index in [0.717, 1.165) is 6.07 Å². The highest BCUT2D eigenvalue weighted by Crippen LogP contribution is 2.27. The molecule has 0 amide bonds. The monoisotopic (exact) mass is 316 g/mol. The molecule has 0 unspecified atom stereocenters. The Morgan fingerprint density at radius 1 is 1.48 bits per heavy atom. The van der Waals surface area contributed by atoms with Gasteiger partial charge in [0.25, 0.3) is 5.69 Å². The van der Waals surface area contributed by atoms with Crippen LogP contribution in [-0.2, 0) is 14.8 Å². The van der Waals surface area contributed by atoms with Crippen molar-refractivity contribution < 1.29 is 23.2 Å². The molecule has 0 aliphatic carbocycles. The van der Waals surface area contributed by atoms with Crippen LogP contribution in [0.4, 0.5) is 5.69 Å². The largest absolute Gasteiger partial charge is 0.480 e. The Balaban J connectivity index is 3.31. The molecule has 0 aliphatic rings. The summed E-state index contributed by atoms with van der Waals surface area (Å²) in [6, 6.07) is 2.53. The Labute approximate surface area is 122 Å². The molecule has 1 aromatic rings. The highest BCUT2D eigenvalue weighted by Gasteiger charge is 2.31. The van der Waals surface area contributed by atoms with Gasteiger partial charge in [-0.15, -0.1) is 0 Å². The van der Waals surface area contributed by atoms with Gasteiger partial charge in [-0.2, -0.15) is 4.72 Å². The Morgan fingerprint density at radius 3 is 2.57 bits per heavy atom. The molecule has 2 N–H and O–H groups in total. The summed E-state index contributed by atoms with van der Waals surface area (Å²) in [5, 5.41) is 20.0. The van der Waals surface area contributed by atoms with Gasteiger partial charge in [-0.25, -0.2) is 8.42 Å². The molecular formula is C12H16N2O6S. The van der Waals surface area contributed by atoms with Crippen LogP contribution in [0.2, 0.25) is 0 Å². The topological polar surface area (TPSA) is 127 Å². The first kappa shape index (κ1) is 17.1. The number of sulfonamides is 1. The van der Waals surface area contributed by atoms with Crippen LogP contribution in [0.5, 0.6) is 0 Å². The number of nitro groups is 1. The van der Waals surface area contributed by atoms with Gasteiger partial charge in [0.1, 0.15) is 6.04 Å². The summed E-state index contributed by atoms with van der Waals surface area (Å²) in [6.45, 7) is 3.12. The van der Waals surface area contributed by atoms with Crippen molar-refractivity contribution in [1.29, 1.82) is 0 Å². The Kier molecular flexibility index (Phi) is 5.39. The van der Waals surface area contributed by atoms with Crippen molar-refractivity contribution in [3.05, 3.63) is 33.9 Å². The Hall–Kier alpha value is -2.00. The molecule has 0 fully saturated rings. The van der Waals surface area contributed by atoms with Gasteiger partial charge < -0.3 is 5.11 Å². The van der Waals surface area contributed by atoms with Crippen LogP contribution in [0.1, 0.15) is 25.3 Å². The Morgan fingerprint density at radius 2 is 2.10 bits per heavy atom. The van der Waals surface area contributed by atoms with E-state index in [2.05, 4.69) is 0 Å². The molecule has 1 rings (SSSR count). The molecule has 0 saturated heterocycles. The summed E-state index contributed by atoms with van der Waals surface area (Å²) >= 11 is 0. The number of carboxylic acid groups (broad SMARTS) is 1. The second kappa shape index (κ2) is 6.64. The zero-order valence-corrected chi connectivity index (χ0v) is 12.4. The van der Waals surface area contributed by atoms with Crippen LogP contribution in [0.25, 0.3) is 0 Å². The number of rotatable bonds is 7. The number of hydrogen-bond donors (Lipinski definition) is 2. The lowest BCUT2D eigenvalue weighted by molar-refractivity contribution is -0.387. The molecule has 0 aliphatic heterocycles. The molecule has 0 spiro atoms. The fraction of sp³-hybridized carbons (Fsp3) is 0.417. The molecule has 0 aromatic heterocycles. The summed E-state index contributed by atoms with van der Waals surface area (Å²) < 4.78 is 26.6. The lowest BCUT2D eigenvalue weighted by Gasteiger charge is -2.15. The summed E-state index contributed by atoms with van der Waals surface area (Å²) in [5.74, 6) is -1.32. The van der Waals surface area contributed by atoms with Crippen molar-refractivity contribution >= 4 is 21.7 Å². The van der Waals surface area contributed by atoms with Crippen molar-refractivity contribution in [2.45, 2.75) is 37.6 Å². The van der Waals surface area contributed by atoms with Gasteiger partial charge >= 0.3 is 5.97 Å². The smallest absolute Gasteiger partial charge is 0.321 e. The quantitative estimate of drug-likeness (QED) is 0.579. The number of aliphatic carboxylic acids is 1. The van der Waals surface area contributed by atoms with Gasteiger partial charge in [-0.05, 0) is 18.9 Å². The van der Waals surface area contributed by atoms with Crippen LogP contribution in [0.3, 0.4) is 0 Å². The van der Waals surface area contributed by atoms with Crippen LogP contribution < -0.4 is 4.72 Å². The zero-order chi connectivity index (χ0) is 16.2. The molecule has 0 heterocycles. The van der Waals surface area contributed by atoms with Gasteiger partial charge in [-0.3, -0.25) is 14.9 Å². The van der Waals surface area contributed by atoms with Crippen molar-refractivity contribution in [3.63, 3.8) is 0 Å². The van der Waals surface area contributed by atoms with E-state index in [-0.39, 0.29) is 12.0 Å². The van der Waals surface area contributed by atoms with Gasteiger partial charge in [0.15, 0.2) is 4.90 Å². The lowest BCUT2D eigenvalue weighted by Crippen LogP contribution is -2.41. The predicted octanol–water partition coefficient (Wildman–Crippen LogP) is 1.43. The van der Waals surface area contributed by atoms with Crippen LogP contribution in [-0.4, -0.2) is 30.5 Å². The molecule has 9 heteroatoms. The second-order valence-corrected chi connectivity index (χ2v) is 6.13. The first-order valence-electron chi connectivity index (χ1n) is 6.19. The number of benzene rings is 1. The van der Waals surface area contributed by atoms with Crippen molar-refractivity contribution in [1.82, 2.24) is 4.72 Å². The van der Waals surface area contributed by atoms with E-state index in [4.69, 9.17) is 5.11 Å². The molecule has 0 radical (unpaired) electrons. The molecule has 0 saturated carbocycles. The third-order valence-corrected chi connectivity index (χ3v) is 4.49. The minimum absolute atomic E-state index is 0.0915. The highest BCUT2D eigenvalue weighted by molar-refractivity contribution is 7.89. The zero-order valence-electron chi connectivity index (χ0n) is 11.6. The predicted molar refractivity (Wildman–Crippen MR) is 74.5 cm³/mol. The van der Waals surface area contributed by atoms with Crippen LogP contribution >= 0.6 is 0 Å². The van der Waals surface area contributed by atoms with Crippen LogP contribution in [0, 0.1) is 17.0 Å². The standard InChI is InChI=1S/C12H16N2O6S/c1-3-5-9(12(15)16)13-21(19,20)11-8(2)6-4-7-10(11)14(17)18/h4,6-7,9,13H,3,5H2,1-2H3,(H,15,16)/t9-/m0/s1. The number of nitrogens with zero attached hydrogens (tertiary/aromatic N) is 1. The van der Waals surface area contributed by atoms with Crippen molar-refractivity contribution in [3.8, 4) is 0 Å². The molecule has 8 nitrogen and oxygen atoms in total. The maximum Gasteiger partial charge on any atom is 0.321 e. The van der Waals surface area contributed by atoms with Crippen molar-refractivity contribution in [2.75, 3.05) is 0 Å². The molecular weight excluding hydrogens is 300 g/mol. The summed E-state index contributed by atoms with van der Waals surface area (Å²) in [4.78, 5) is 20.7. The number of nitro benzene ring substituents is 1. The average molecular weight is 316 g/mol. The van der Waals surface area contributed by atoms with E-state index in [1.165, 1.54) is 19.1 Å². The summed E-state index contributed by atoms with van der Waals surface area (Å²) in [6.07, 6.45) is 0.545. The normalized spacial score (nSPS) is 12.9. The van der Waals surface area contributed by atoms with Gasteiger partial charge in [-0.1, -0.05) is 25.5 Å². The highest BCUT2D eigenvalue weighted by atomic mass is 32.2. The first-order valence-corrected chi connectivity index (χ1v) is 7.68. The first-order chi connectivity index (χ1) is 9.70. The number of hydrogen-bond acceptors (Lipinski definition) is 5. The molecule has 0 bridgehead atoms. The van der Waals surface area contributed by atoms with E-state index in [1.807, 2.05) is 4.72 Å². The van der Waals surface area contributed by atoms with E-state index in [1.54, 1.807) is 6.92 Å². The van der Waals surface area contributed by atoms with Crippen LogP contribution in [0.15, 0.2) is 23.1 Å². The van der Waals surface area contributed by atoms with E-state index < -0.39 is 37.5 Å². The van der Waals surface area contributed by atoms with Gasteiger partial charge in [0.2, 0.25) is 10.0 Å². The summed E-state index contributed by atoms with van der Waals surface area (Å²) in [5.41, 5.74) is -0.402. The van der Waals surface area contributed by atoms with E-state index in [9.17, 15) is 23.3 Å². The summed E-state index contributed by atoms with van der Waals surface area (Å²) in [7, 11) is -4.31. The SMILES string of the molecule is CCC[C@H](NS(=O)(=O)c1c(C)cccc1[N+](=O)[O-])C(=O)O. The third-order valence-electron chi connectivity index (χ3n) is 2.83. The van der Waals surface area contributed by atoms with E-state index >= 15 is 0 Å². The molecule has 1 atom stereocenters.